The summed E-state index contributed by atoms with van der Waals surface area (Å²) in [6.45, 7) is 4.64. The standard InChI is InChI=1S/C12H16BrN5O/c13-10-7-9(1-2-17-3-5-19-6-4-17)18-12(10)11(14)8-15-16-18/h7-8H,1-6,14H2. The topological polar surface area (TPSA) is 68.7 Å². The van der Waals surface area contributed by atoms with Crippen molar-refractivity contribution < 1.29 is 4.74 Å². The van der Waals surface area contributed by atoms with E-state index >= 15 is 0 Å². The molecule has 7 heteroatoms. The number of nitrogens with two attached hydrogens (primary N) is 1. The second-order valence-corrected chi connectivity index (χ2v) is 5.49. The number of morpholine rings is 1. The zero-order valence-electron chi connectivity index (χ0n) is 10.5. The van der Waals surface area contributed by atoms with Gasteiger partial charge in [-0.25, -0.2) is 4.52 Å². The van der Waals surface area contributed by atoms with Gasteiger partial charge in [0, 0.05) is 36.2 Å². The van der Waals surface area contributed by atoms with Crippen molar-refractivity contribution in [2.75, 3.05) is 38.6 Å². The van der Waals surface area contributed by atoms with Crippen LogP contribution in [-0.2, 0) is 11.2 Å². The van der Waals surface area contributed by atoms with Gasteiger partial charge < -0.3 is 10.5 Å². The lowest BCUT2D eigenvalue weighted by Crippen LogP contribution is -2.37. The van der Waals surface area contributed by atoms with E-state index in [-0.39, 0.29) is 0 Å². The first kappa shape index (κ1) is 12.8. The molecule has 1 aliphatic rings. The Balaban J connectivity index is 1.79. The molecule has 102 valence electrons. The average Bonchev–Trinajstić information content (AvgIpc) is 2.76. The molecule has 2 N–H and O–H groups in total. The Labute approximate surface area is 119 Å². The first-order valence-corrected chi connectivity index (χ1v) is 7.12. The highest BCUT2D eigenvalue weighted by Crippen LogP contribution is 2.26. The van der Waals surface area contributed by atoms with Crippen LogP contribution in [0.15, 0.2) is 16.7 Å². The summed E-state index contributed by atoms with van der Waals surface area (Å²) < 4.78 is 8.14. The van der Waals surface area contributed by atoms with Crippen LogP contribution >= 0.6 is 15.9 Å². The lowest BCUT2D eigenvalue weighted by Gasteiger charge is -2.26. The molecule has 6 nitrogen and oxygen atoms in total. The first-order chi connectivity index (χ1) is 9.25. The Kier molecular flexibility index (Phi) is 3.67. The van der Waals surface area contributed by atoms with Crippen LogP contribution in [0, 0.1) is 0 Å². The molecule has 1 saturated heterocycles. The van der Waals surface area contributed by atoms with Gasteiger partial charge in [0.15, 0.2) is 0 Å². The third-order valence-corrected chi connectivity index (χ3v) is 4.01. The van der Waals surface area contributed by atoms with Gasteiger partial charge in [-0.05, 0) is 22.0 Å². The van der Waals surface area contributed by atoms with Gasteiger partial charge in [-0.2, -0.15) is 0 Å². The predicted octanol–water partition coefficient (Wildman–Crippen LogP) is 0.949. The zero-order chi connectivity index (χ0) is 13.2. The molecule has 0 aliphatic carbocycles. The summed E-state index contributed by atoms with van der Waals surface area (Å²) in [5, 5.41) is 8.05. The maximum Gasteiger partial charge on any atom is 0.105 e. The molecule has 0 spiro atoms. The Morgan fingerprint density at radius 3 is 2.95 bits per heavy atom. The van der Waals surface area contributed by atoms with E-state index in [0.717, 1.165) is 55.0 Å². The summed E-state index contributed by atoms with van der Waals surface area (Å²) in [4.78, 5) is 2.40. The molecule has 3 heterocycles. The van der Waals surface area contributed by atoms with Crippen molar-refractivity contribution in [2.24, 2.45) is 0 Å². The van der Waals surface area contributed by atoms with Gasteiger partial charge in [0.25, 0.3) is 0 Å². The molecule has 0 saturated carbocycles. The minimum absolute atomic E-state index is 0.638. The maximum atomic E-state index is 5.93. The van der Waals surface area contributed by atoms with E-state index in [0.29, 0.717) is 5.69 Å². The number of nitrogen functional groups attached to an aromatic ring is 1. The third-order valence-electron chi connectivity index (χ3n) is 3.40. The Morgan fingerprint density at radius 1 is 1.37 bits per heavy atom. The van der Waals surface area contributed by atoms with E-state index in [1.54, 1.807) is 6.20 Å². The summed E-state index contributed by atoms with van der Waals surface area (Å²) in [6.07, 6.45) is 2.50. The van der Waals surface area contributed by atoms with Crippen molar-refractivity contribution in [1.29, 1.82) is 0 Å². The number of hydrogen-bond donors (Lipinski definition) is 1. The second-order valence-electron chi connectivity index (χ2n) is 4.64. The molecule has 19 heavy (non-hydrogen) atoms. The van der Waals surface area contributed by atoms with Crippen LogP contribution in [0.2, 0.25) is 0 Å². The van der Waals surface area contributed by atoms with E-state index in [1.165, 1.54) is 0 Å². The number of halogens is 1. The molecule has 0 radical (unpaired) electrons. The number of ether oxygens (including phenoxy) is 1. The van der Waals surface area contributed by atoms with Crippen molar-refractivity contribution in [3.63, 3.8) is 0 Å². The highest BCUT2D eigenvalue weighted by atomic mass is 79.9. The molecule has 2 aromatic rings. The number of fused-ring (bicyclic) bond motifs is 1. The van der Waals surface area contributed by atoms with Crippen molar-refractivity contribution >= 4 is 27.1 Å². The Bertz CT molecular complexity index is 579. The smallest absolute Gasteiger partial charge is 0.105 e. The normalized spacial score (nSPS) is 17.1. The summed E-state index contributed by atoms with van der Waals surface area (Å²) in [5.41, 5.74) is 8.58. The Hall–Kier alpha value is -1.18. The molecule has 2 aromatic heterocycles. The second kappa shape index (κ2) is 5.44. The fourth-order valence-electron chi connectivity index (χ4n) is 2.36. The molecule has 1 fully saturated rings. The number of rotatable bonds is 3. The molecular formula is C12H16BrN5O. The van der Waals surface area contributed by atoms with Gasteiger partial charge in [0.1, 0.15) is 5.52 Å². The quantitative estimate of drug-likeness (QED) is 0.909. The van der Waals surface area contributed by atoms with E-state index in [2.05, 4.69) is 37.2 Å². The van der Waals surface area contributed by atoms with Gasteiger partial charge >= 0.3 is 0 Å². The van der Waals surface area contributed by atoms with E-state index in [1.807, 2.05) is 4.52 Å². The van der Waals surface area contributed by atoms with Crippen molar-refractivity contribution in [3.05, 3.63) is 22.4 Å². The lowest BCUT2D eigenvalue weighted by molar-refractivity contribution is 0.0383. The van der Waals surface area contributed by atoms with Gasteiger partial charge in [-0.15, -0.1) is 5.10 Å². The third kappa shape index (κ3) is 2.58. The lowest BCUT2D eigenvalue weighted by atomic mass is 10.3. The van der Waals surface area contributed by atoms with E-state index in [4.69, 9.17) is 10.5 Å². The highest BCUT2D eigenvalue weighted by Gasteiger charge is 2.14. The minimum Gasteiger partial charge on any atom is -0.396 e. The first-order valence-electron chi connectivity index (χ1n) is 6.33. The van der Waals surface area contributed by atoms with E-state index < -0.39 is 0 Å². The maximum absolute atomic E-state index is 5.93. The number of nitrogens with zero attached hydrogens (tertiary/aromatic N) is 4. The van der Waals surface area contributed by atoms with Crippen molar-refractivity contribution in [1.82, 2.24) is 19.7 Å². The average molecular weight is 326 g/mol. The summed E-state index contributed by atoms with van der Waals surface area (Å²) in [5.74, 6) is 0. The predicted molar refractivity (Wildman–Crippen MR) is 76.1 cm³/mol. The summed E-state index contributed by atoms with van der Waals surface area (Å²) >= 11 is 3.53. The molecule has 0 unspecified atom stereocenters. The minimum atomic E-state index is 0.638. The van der Waals surface area contributed by atoms with E-state index in [9.17, 15) is 0 Å². The summed E-state index contributed by atoms with van der Waals surface area (Å²) in [7, 11) is 0. The van der Waals surface area contributed by atoms with Gasteiger partial charge in [0.2, 0.25) is 0 Å². The largest absolute Gasteiger partial charge is 0.396 e. The Morgan fingerprint density at radius 2 is 2.16 bits per heavy atom. The molecule has 0 aromatic carbocycles. The van der Waals surface area contributed by atoms with Gasteiger partial charge in [-0.1, -0.05) is 5.21 Å². The molecule has 1 aliphatic heterocycles. The molecular weight excluding hydrogens is 310 g/mol. The zero-order valence-corrected chi connectivity index (χ0v) is 12.1. The number of anilines is 1. The van der Waals surface area contributed by atoms with Crippen LogP contribution in [0.3, 0.4) is 0 Å². The molecule has 0 amide bonds. The molecule has 0 atom stereocenters. The van der Waals surface area contributed by atoms with Gasteiger partial charge in [-0.3, -0.25) is 4.90 Å². The number of aromatic nitrogens is 3. The van der Waals surface area contributed by atoms with Crippen LogP contribution in [0.5, 0.6) is 0 Å². The SMILES string of the molecule is Nc1cnnn2c(CCN3CCOCC3)cc(Br)c12. The monoisotopic (exact) mass is 325 g/mol. The van der Waals surface area contributed by atoms with Crippen molar-refractivity contribution in [3.8, 4) is 0 Å². The molecule has 3 rings (SSSR count). The van der Waals surface area contributed by atoms with Crippen LogP contribution < -0.4 is 5.73 Å². The number of hydrogen-bond acceptors (Lipinski definition) is 5. The highest BCUT2D eigenvalue weighted by molar-refractivity contribution is 9.10. The van der Waals surface area contributed by atoms with Crippen molar-refractivity contribution in [2.45, 2.75) is 6.42 Å². The van der Waals surface area contributed by atoms with Crippen LogP contribution in [-0.4, -0.2) is 52.6 Å². The van der Waals surface area contributed by atoms with Crippen LogP contribution in [0.4, 0.5) is 5.69 Å². The van der Waals surface area contributed by atoms with Crippen LogP contribution in [0.1, 0.15) is 5.69 Å². The fraction of sp³-hybridized carbons (Fsp3) is 0.500. The summed E-state index contributed by atoms with van der Waals surface area (Å²) in [6, 6.07) is 2.07. The van der Waals surface area contributed by atoms with Crippen LogP contribution in [0.25, 0.3) is 5.52 Å². The molecule has 0 bridgehead atoms. The fourth-order valence-corrected chi connectivity index (χ4v) is 3.02. The van der Waals surface area contributed by atoms with Gasteiger partial charge in [0.05, 0.1) is 25.1 Å².